The highest BCUT2D eigenvalue weighted by Crippen LogP contribution is 2.36. The summed E-state index contributed by atoms with van der Waals surface area (Å²) in [7, 11) is 1.15. The van der Waals surface area contributed by atoms with Crippen LogP contribution in [0.15, 0.2) is 24.3 Å². The molecule has 0 aromatic heterocycles. The summed E-state index contributed by atoms with van der Waals surface area (Å²) in [6.45, 7) is 0. The third-order valence-corrected chi connectivity index (χ3v) is 2.13. The predicted molar refractivity (Wildman–Crippen MR) is 59.3 cm³/mol. The van der Waals surface area contributed by atoms with Crippen molar-refractivity contribution in [3.8, 4) is 5.75 Å². The van der Waals surface area contributed by atoms with Crippen molar-refractivity contribution in [2.45, 2.75) is 12.6 Å². The molecule has 3 nitrogen and oxygen atoms in total. The first-order chi connectivity index (χ1) is 8.34. The molecule has 18 heavy (non-hydrogen) atoms. The number of methoxy groups -OCH3 is 1. The maximum atomic E-state index is 12.5. The Labute approximate surface area is 101 Å². The molecule has 6 heteroatoms. The lowest BCUT2D eigenvalue weighted by Gasteiger charge is -2.12. The molecule has 0 radical (unpaired) electrons. The lowest BCUT2D eigenvalue weighted by atomic mass is 10.1. The van der Waals surface area contributed by atoms with Gasteiger partial charge in [-0.2, -0.15) is 13.2 Å². The highest BCUT2D eigenvalue weighted by atomic mass is 19.4. The van der Waals surface area contributed by atoms with Crippen LogP contribution < -0.4 is 4.74 Å². The number of carboxylic acids is 1. The van der Waals surface area contributed by atoms with E-state index in [0.717, 1.165) is 13.2 Å². The zero-order valence-electron chi connectivity index (χ0n) is 9.49. The van der Waals surface area contributed by atoms with E-state index in [-0.39, 0.29) is 12.2 Å². The number of halogens is 3. The van der Waals surface area contributed by atoms with Gasteiger partial charge in [-0.1, -0.05) is 18.2 Å². The zero-order valence-corrected chi connectivity index (χ0v) is 9.49. The zero-order chi connectivity index (χ0) is 13.8. The molecule has 0 fully saturated rings. The number of carboxylic acid groups (broad SMARTS) is 1. The molecule has 1 aromatic carbocycles. The standard InChI is InChI=1S/C12H11F3O3/c1-18-10-7-8(3-2-4-11(16)17)5-6-9(10)12(13,14)15/h2-3,5-7H,4H2,1H3,(H,16,17). The molecule has 0 heterocycles. The lowest BCUT2D eigenvalue weighted by molar-refractivity contribution is -0.139. The number of aliphatic carboxylic acids is 1. The molecule has 0 aliphatic rings. The van der Waals surface area contributed by atoms with Gasteiger partial charge in [0.2, 0.25) is 0 Å². The van der Waals surface area contributed by atoms with Gasteiger partial charge >= 0.3 is 12.1 Å². The number of hydrogen-bond acceptors (Lipinski definition) is 2. The van der Waals surface area contributed by atoms with E-state index in [1.165, 1.54) is 24.3 Å². The van der Waals surface area contributed by atoms with Crippen LogP contribution in [0.4, 0.5) is 13.2 Å². The van der Waals surface area contributed by atoms with E-state index in [1.54, 1.807) is 0 Å². The first kappa shape index (κ1) is 14.1. The Bertz CT molecular complexity index is 464. The Morgan fingerprint density at radius 1 is 1.44 bits per heavy atom. The number of rotatable bonds is 4. The highest BCUT2D eigenvalue weighted by molar-refractivity contribution is 5.70. The number of ether oxygens (including phenoxy) is 1. The van der Waals surface area contributed by atoms with Gasteiger partial charge in [0.15, 0.2) is 0 Å². The summed E-state index contributed by atoms with van der Waals surface area (Å²) >= 11 is 0. The van der Waals surface area contributed by atoms with Gasteiger partial charge in [0.25, 0.3) is 0 Å². The Morgan fingerprint density at radius 2 is 2.11 bits per heavy atom. The summed E-state index contributed by atoms with van der Waals surface area (Å²) in [5, 5.41) is 8.42. The average Bonchev–Trinajstić information content (AvgIpc) is 2.26. The highest BCUT2D eigenvalue weighted by Gasteiger charge is 2.34. The van der Waals surface area contributed by atoms with E-state index in [1.807, 2.05) is 0 Å². The van der Waals surface area contributed by atoms with E-state index in [9.17, 15) is 18.0 Å². The van der Waals surface area contributed by atoms with Crippen LogP contribution in [-0.4, -0.2) is 18.2 Å². The van der Waals surface area contributed by atoms with Crippen LogP contribution in [0.2, 0.25) is 0 Å². The summed E-state index contributed by atoms with van der Waals surface area (Å²) < 4.78 is 42.3. The molecule has 0 saturated heterocycles. The monoisotopic (exact) mass is 260 g/mol. The fraction of sp³-hybridized carbons (Fsp3) is 0.250. The summed E-state index contributed by atoms with van der Waals surface area (Å²) in [5.74, 6) is -1.30. The molecule has 0 unspecified atom stereocenters. The minimum absolute atomic E-state index is 0.191. The van der Waals surface area contributed by atoms with Gasteiger partial charge in [-0.25, -0.2) is 0 Å². The van der Waals surface area contributed by atoms with Crippen molar-refractivity contribution in [1.29, 1.82) is 0 Å². The molecule has 0 bridgehead atoms. The van der Waals surface area contributed by atoms with E-state index < -0.39 is 17.7 Å². The molecule has 0 aliphatic carbocycles. The maximum Gasteiger partial charge on any atom is 0.419 e. The number of benzene rings is 1. The van der Waals surface area contributed by atoms with Crippen molar-refractivity contribution in [1.82, 2.24) is 0 Å². The van der Waals surface area contributed by atoms with Crippen molar-refractivity contribution in [2.24, 2.45) is 0 Å². The van der Waals surface area contributed by atoms with E-state index in [2.05, 4.69) is 4.74 Å². The van der Waals surface area contributed by atoms with E-state index >= 15 is 0 Å². The van der Waals surface area contributed by atoms with Crippen molar-refractivity contribution in [2.75, 3.05) is 7.11 Å². The molecule has 1 rings (SSSR count). The molecule has 0 aliphatic heterocycles. The van der Waals surface area contributed by atoms with E-state index in [0.29, 0.717) is 5.56 Å². The second-order valence-corrected chi connectivity index (χ2v) is 3.46. The van der Waals surface area contributed by atoms with Crippen LogP contribution >= 0.6 is 0 Å². The van der Waals surface area contributed by atoms with Crippen molar-refractivity contribution < 1.29 is 27.8 Å². The Balaban J connectivity index is 2.99. The topological polar surface area (TPSA) is 46.5 Å². The van der Waals surface area contributed by atoms with Crippen molar-refractivity contribution >= 4 is 12.0 Å². The summed E-state index contributed by atoms with van der Waals surface area (Å²) in [5.41, 5.74) is -0.415. The van der Waals surface area contributed by atoms with Gasteiger partial charge in [-0.3, -0.25) is 4.79 Å². The second kappa shape index (κ2) is 5.57. The molecular weight excluding hydrogens is 249 g/mol. The fourth-order valence-electron chi connectivity index (χ4n) is 1.34. The Morgan fingerprint density at radius 3 is 2.61 bits per heavy atom. The van der Waals surface area contributed by atoms with Crippen LogP contribution in [0.25, 0.3) is 6.08 Å². The van der Waals surface area contributed by atoms with Crippen molar-refractivity contribution in [3.05, 3.63) is 35.4 Å². The quantitative estimate of drug-likeness (QED) is 0.904. The first-order valence-electron chi connectivity index (χ1n) is 4.98. The molecule has 1 N–H and O–H groups in total. The predicted octanol–water partition coefficient (Wildman–Crippen LogP) is 3.20. The molecule has 0 saturated carbocycles. The number of carbonyl (C=O) groups is 1. The maximum absolute atomic E-state index is 12.5. The molecule has 98 valence electrons. The smallest absolute Gasteiger partial charge is 0.419 e. The molecular formula is C12H11F3O3. The minimum atomic E-state index is -4.48. The summed E-state index contributed by atoms with van der Waals surface area (Å²) in [6.07, 6.45) is -1.89. The van der Waals surface area contributed by atoms with Gasteiger partial charge < -0.3 is 9.84 Å². The third-order valence-electron chi connectivity index (χ3n) is 2.13. The average molecular weight is 260 g/mol. The largest absolute Gasteiger partial charge is 0.496 e. The summed E-state index contributed by atoms with van der Waals surface area (Å²) in [4.78, 5) is 10.3. The lowest BCUT2D eigenvalue weighted by Crippen LogP contribution is -2.07. The molecule has 0 atom stereocenters. The summed E-state index contributed by atoms with van der Waals surface area (Å²) in [6, 6.07) is 3.37. The SMILES string of the molecule is COc1cc(C=CCC(=O)O)ccc1C(F)(F)F. The number of alkyl halides is 3. The van der Waals surface area contributed by atoms with Crippen LogP contribution in [0.3, 0.4) is 0 Å². The van der Waals surface area contributed by atoms with Crippen LogP contribution in [-0.2, 0) is 11.0 Å². The van der Waals surface area contributed by atoms with Gasteiger partial charge in [0.1, 0.15) is 5.75 Å². The van der Waals surface area contributed by atoms with Crippen LogP contribution in [0.1, 0.15) is 17.5 Å². The van der Waals surface area contributed by atoms with Gasteiger partial charge in [-0.05, 0) is 17.7 Å². The van der Waals surface area contributed by atoms with E-state index in [4.69, 9.17) is 5.11 Å². The molecule has 0 spiro atoms. The third kappa shape index (κ3) is 3.80. The van der Waals surface area contributed by atoms with Crippen molar-refractivity contribution in [3.63, 3.8) is 0 Å². The minimum Gasteiger partial charge on any atom is -0.496 e. The first-order valence-corrected chi connectivity index (χ1v) is 4.98. The number of hydrogen-bond donors (Lipinski definition) is 1. The molecule has 0 amide bonds. The van der Waals surface area contributed by atoms with Gasteiger partial charge in [-0.15, -0.1) is 0 Å². The Hall–Kier alpha value is -1.98. The Kier molecular flexibility index (Phi) is 4.36. The normalized spacial score (nSPS) is 11.8. The fourth-order valence-corrected chi connectivity index (χ4v) is 1.34. The molecule has 1 aromatic rings. The van der Waals surface area contributed by atoms with Gasteiger partial charge in [0, 0.05) is 0 Å². The van der Waals surface area contributed by atoms with Crippen LogP contribution in [0.5, 0.6) is 5.75 Å². The van der Waals surface area contributed by atoms with Crippen LogP contribution in [0, 0.1) is 0 Å². The second-order valence-electron chi connectivity index (χ2n) is 3.46. The van der Waals surface area contributed by atoms with Gasteiger partial charge in [0.05, 0.1) is 19.1 Å².